The van der Waals surface area contributed by atoms with E-state index in [1.165, 1.54) is 18.0 Å². The average molecular weight is 520 g/mol. The highest BCUT2D eigenvalue weighted by molar-refractivity contribution is 7.89. The van der Waals surface area contributed by atoms with Gasteiger partial charge in [0.25, 0.3) is 5.91 Å². The molecular formula is C21H31Cl2N5O4S. The Bertz CT molecular complexity index is 971. The molecule has 2 aliphatic rings. The summed E-state index contributed by atoms with van der Waals surface area (Å²) in [7, 11) is -2.22. The summed E-state index contributed by atoms with van der Waals surface area (Å²) in [5.74, 6) is -0.884. The van der Waals surface area contributed by atoms with Gasteiger partial charge in [-0.05, 0) is 50.4 Å². The summed E-state index contributed by atoms with van der Waals surface area (Å²) in [5, 5.41) is 3.07. The van der Waals surface area contributed by atoms with Crippen LogP contribution in [0.4, 0.5) is 5.69 Å². The van der Waals surface area contributed by atoms with Crippen LogP contribution in [0.25, 0.3) is 0 Å². The first-order valence-corrected chi connectivity index (χ1v) is 13.4. The molecule has 1 aromatic carbocycles. The van der Waals surface area contributed by atoms with Crippen molar-refractivity contribution in [1.29, 1.82) is 0 Å². The molecule has 0 aromatic heterocycles. The molecule has 3 atom stereocenters. The number of hydrazine groups is 1. The number of halogens is 2. The Hall–Kier alpha value is -1.43. The van der Waals surface area contributed by atoms with Crippen LogP contribution in [0.3, 0.4) is 0 Å². The summed E-state index contributed by atoms with van der Waals surface area (Å²) < 4.78 is 28.6. The fourth-order valence-corrected chi connectivity index (χ4v) is 5.60. The van der Waals surface area contributed by atoms with Gasteiger partial charge in [-0.1, -0.05) is 12.5 Å². The lowest BCUT2D eigenvalue weighted by Crippen LogP contribution is -2.59. The van der Waals surface area contributed by atoms with Gasteiger partial charge in [-0.15, -0.1) is 23.2 Å². The second kappa shape index (κ2) is 11.3. The fourth-order valence-electron chi connectivity index (χ4n) is 3.90. The zero-order chi connectivity index (χ0) is 24.2. The van der Waals surface area contributed by atoms with E-state index in [0.29, 0.717) is 23.8 Å². The number of carbonyl (C=O) groups excluding carboxylic acids is 2. The Balaban J connectivity index is 1.65. The number of carbonyl (C=O) groups is 2. The predicted molar refractivity (Wildman–Crippen MR) is 129 cm³/mol. The SMILES string of the molecule is Cc1ccc(N(C)C(=O)CN2NCC(Cl)C(Cl)C2=O)cc1S(=O)(=O)NCCC1CCCCN1. The van der Waals surface area contributed by atoms with Crippen LogP contribution in [0.5, 0.6) is 0 Å². The highest BCUT2D eigenvalue weighted by Gasteiger charge is 2.35. The molecule has 2 amide bonds. The minimum Gasteiger partial charge on any atom is -0.314 e. The Labute approximate surface area is 205 Å². The molecule has 0 aliphatic carbocycles. The Morgan fingerprint density at radius 2 is 2.06 bits per heavy atom. The fraction of sp³-hybridized carbons (Fsp3) is 0.619. The van der Waals surface area contributed by atoms with Crippen LogP contribution in [-0.4, -0.2) is 75.3 Å². The van der Waals surface area contributed by atoms with E-state index >= 15 is 0 Å². The molecule has 3 rings (SSSR count). The summed E-state index contributed by atoms with van der Waals surface area (Å²) in [6, 6.07) is 5.13. The molecule has 2 aliphatic heterocycles. The maximum atomic E-state index is 12.9. The van der Waals surface area contributed by atoms with Crippen LogP contribution in [0.1, 0.15) is 31.2 Å². The zero-order valence-electron chi connectivity index (χ0n) is 18.8. The molecule has 184 valence electrons. The molecule has 12 heteroatoms. The molecule has 2 heterocycles. The quantitative estimate of drug-likeness (QED) is 0.446. The molecule has 0 spiro atoms. The van der Waals surface area contributed by atoms with E-state index < -0.39 is 32.6 Å². The second-order valence-electron chi connectivity index (χ2n) is 8.44. The number of sulfonamides is 1. The van der Waals surface area contributed by atoms with Crippen molar-refractivity contribution in [1.82, 2.24) is 20.5 Å². The van der Waals surface area contributed by atoms with E-state index in [0.717, 1.165) is 37.2 Å². The van der Waals surface area contributed by atoms with E-state index in [9.17, 15) is 18.0 Å². The van der Waals surface area contributed by atoms with Gasteiger partial charge >= 0.3 is 0 Å². The number of piperidine rings is 1. The summed E-state index contributed by atoms with van der Waals surface area (Å²) in [5.41, 5.74) is 3.77. The lowest BCUT2D eigenvalue weighted by molar-refractivity contribution is -0.140. The van der Waals surface area contributed by atoms with Crippen molar-refractivity contribution in [3.63, 3.8) is 0 Å². The number of nitrogens with one attached hydrogen (secondary N) is 3. The number of amides is 2. The first kappa shape index (κ1) is 26.2. The second-order valence-corrected chi connectivity index (χ2v) is 11.2. The third-order valence-electron chi connectivity index (χ3n) is 6.01. The molecule has 2 saturated heterocycles. The van der Waals surface area contributed by atoms with Crippen LogP contribution in [0.2, 0.25) is 0 Å². The Morgan fingerprint density at radius 1 is 1.30 bits per heavy atom. The molecule has 2 fully saturated rings. The largest absolute Gasteiger partial charge is 0.314 e. The van der Waals surface area contributed by atoms with Crippen molar-refractivity contribution in [2.24, 2.45) is 0 Å². The number of hydrogen-bond acceptors (Lipinski definition) is 6. The van der Waals surface area contributed by atoms with Crippen LogP contribution in [-0.2, 0) is 19.6 Å². The van der Waals surface area contributed by atoms with E-state index in [1.807, 2.05) is 0 Å². The molecule has 3 unspecified atom stereocenters. The molecule has 9 nitrogen and oxygen atoms in total. The van der Waals surface area contributed by atoms with Gasteiger partial charge < -0.3 is 10.2 Å². The number of hydrogen-bond donors (Lipinski definition) is 3. The van der Waals surface area contributed by atoms with Crippen molar-refractivity contribution in [3.8, 4) is 0 Å². The Morgan fingerprint density at radius 3 is 2.76 bits per heavy atom. The zero-order valence-corrected chi connectivity index (χ0v) is 21.1. The van der Waals surface area contributed by atoms with Gasteiger partial charge in [0.05, 0.1) is 10.3 Å². The number of likely N-dealkylation sites (N-methyl/N-ethyl adjacent to an activating group) is 1. The van der Waals surface area contributed by atoms with Crippen molar-refractivity contribution in [2.75, 3.05) is 38.1 Å². The topological polar surface area (TPSA) is 111 Å². The Kier molecular flexibility index (Phi) is 8.99. The number of benzene rings is 1. The molecule has 1 aromatic rings. The van der Waals surface area contributed by atoms with Crippen molar-refractivity contribution in [2.45, 2.75) is 54.3 Å². The maximum absolute atomic E-state index is 12.9. The van der Waals surface area contributed by atoms with E-state index in [-0.39, 0.29) is 18.0 Å². The van der Waals surface area contributed by atoms with Crippen LogP contribution < -0.4 is 20.4 Å². The van der Waals surface area contributed by atoms with E-state index in [4.69, 9.17) is 23.2 Å². The number of nitrogens with zero attached hydrogens (tertiary/aromatic N) is 2. The van der Waals surface area contributed by atoms with Gasteiger partial charge in [-0.2, -0.15) is 0 Å². The van der Waals surface area contributed by atoms with E-state index in [1.54, 1.807) is 19.1 Å². The predicted octanol–water partition coefficient (Wildman–Crippen LogP) is 1.33. The maximum Gasteiger partial charge on any atom is 0.256 e. The van der Waals surface area contributed by atoms with Crippen molar-refractivity contribution in [3.05, 3.63) is 23.8 Å². The summed E-state index contributed by atoms with van der Waals surface area (Å²) in [6.07, 6.45) is 4.08. The molecule has 0 saturated carbocycles. The van der Waals surface area contributed by atoms with Gasteiger partial charge in [-0.3, -0.25) is 14.6 Å². The summed E-state index contributed by atoms with van der Waals surface area (Å²) in [6.45, 7) is 3.01. The van der Waals surface area contributed by atoms with Gasteiger partial charge in [0.1, 0.15) is 11.9 Å². The number of rotatable bonds is 8. The van der Waals surface area contributed by atoms with Crippen LogP contribution in [0, 0.1) is 6.92 Å². The first-order valence-electron chi connectivity index (χ1n) is 11.0. The first-order chi connectivity index (χ1) is 15.6. The lowest BCUT2D eigenvalue weighted by atomic mass is 10.0. The van der Waals surface area contributed by atoms with Gasteiger partial charge in [0.15, 0.2) is 0 Å². The van der Waals surface area contributed by atoms with Gasteiger partial charge in [0, 0.05) is 31.9 Å². The highest BCUT2D eigenvalue weighted by Crippen LogP contribution is 2.23. The number of alkyl halides is 2. The molecule has 0 radical (unpaired) electrons. The summed E-state index contributed by atoms with van der Waals surface area (Å²) in [4.78, 5) is 26.5. The normalized spacial score (nSPS) is 24.1. The number of anilines is 1. The molecular weight excluding hydrogens is 489 g/mol. The standard InChI is InChI=1S/C21H31Cl2N5O4S/c1-14-6-7-16(27(2)19(29)13-28-21(30)20(23)17(22)12-25-28)11-18(14)33(31,32)26-10-8-15-5-3-4-9-24-15/h6-7,11,15,17,20,24-26H,3-5,8-10,12-13H2,1-2H3. The third-order valence-corrected chi connectivity index (χ3v) is 8.64. The third kappa shape index (κ3) is 6.58. The smallest absolute Gasteiger partial charge is 0.256 e. The van der Waals surface area contributed by atoms with Gasteiger partial charge in [-0.25, -0.2) is 18.6 Å². The minimum absolute atomic E-state index is 0.120. The average Bonchev–Trinajstić information content (AvgIpc) is 2.79. The lowest BCUT2D eigenvalue weighted by Gasteiger charge is -2.33. The van der Waals surface area contributed by atoms with Crippen LogP contribution >= 0.6 is 23.2 Å². The van der Waals surface area contributed by atoms with E-state index in [2.05, 4.69) is 15.5 Å². The van der Waals surface area contributed by atoms with Crippen molar-refractivity contribution < 1.29 is 18.0 Å². The van der Waals surface area contributed by atoms with Crippen molar-refractivity contribution >= 4 is 50.7 Å². The minimum atomic E-state index is -3.75. The van der Waals surface area contributed by atoms with Crippen LogP contribution in [0.15, 0.2) is 23.1 Å². The summed E-state index contributed by atoms with van der Waals surface area (Å²) >= 11 is 12.0. The molecule has 33 heavy (non-hydrogen) atoms. The van der Waals surface area contributed by atoms with Gasteiger partial charge in [0.2, 0.25) is 15.9 Å². The number of aryl methyl sites for hydroxylation is 1. The molecule has 3 N–H and O–H groups in total. The molecule has 0 bridgehead atoms. The monoisotopic (exact) mass is 519 g/mol. The highest BCUT2D eigenvalue weighted by atomic mass is 35.5.